The Morgan fingerprint density at radius 1 is 1.58 bits per heavy atom. The highest BCUT2D eigenvalue weighted by Crippen LogP contribution is 2.11. The molecule has 0 amide bonds. The van der Waals surface area contributed by atoms with Gasteiger partial charge in [-0.3, -0.25) is 4.98 Å². The van der Waals surface area contributed by atoms with Gasteiger partial charge in [-0.1, -0.05) is 13.0 Å². The lowest BCUT2D eigenvalue weighted by Gasteiger charge is -2.08. The van der Waals surface area contributed by atoms with Gasteiger partial charge in [-0.2, -0.15) is 0 Å². The predicted octanol–water partition coefficient (Wildman–Crippen LogP) is 1.38. The quantitative estimate of drug-likeness (QED) is 0.690. The molecule has 0 saturated heterocycles. The van der Waals surface area contributed by atoms with Crippen LogP contribution < -0.4 is 5.90 Å². The van der Waals surface area contributed by atoms with Crippen molar-refractivity contribution in [3.8, 4) is 0 Å². The smallest absolute Gasteiger partial charge is 0.0760 e. The van der Waals surface area contributed by atoms with Crippen molar-refractivity contribution < 1.29 is 4.84 Å². The number of aryl methyl sites for hydroxylation is 1. The number of hydrogen-bond donors (Lipinski definition) is 1. The van der Waals surface area contributed by atoms with Crippen molar-refractivity contribution in [3.63, 3.8) is 0 Å². The number of aromatic nitrogens is 1. The molecule has 3 heteroatoms. The van der Waals surface area contributed by atoms with E-state index in [0.29, 0.717) is 6.61 Å². The molecule has 66 valence electrons. The van der Waals surface area contributed by atoms with Crippen LogP contribution in [0.15, 0.2) is 18.3 Å². The first-order chi connectivity index (χ1) is 5.74. The minimum Gasteiger partial charge on any atom is -0.304 e. The average molecular weight is 166 g/mol. The van der Waals surface area contributed by atoms with Gasteiger partial charge >= 0.3 is 0 Å². The van der Waals surface area contributed by atoms with Gasteiger partial charge in [0.25, 0.3) is 0 Å². The molecule has 0 aliphatic heterocycles. The van der Waals surface area contributed by atoms with Crippen LogP contribution in [0, 0.1) is 6.92 Å². The van der Waals surface area contributed by atoms with Crippen LogP contribution in [0.2, 0.25) is 0 Å². The number of nitrogens with zero attached hydrogens (tertiary/aromatic N) is 1. The van der Waals surface area contributed by atoms with Crippen LogP contribution in [0.25, 0.3) is 0 Å². The van der Waals surface area contributed by atoms with E-state index in [0.717, 1.165) is 5.69 Å². The van der Waals surface area contributed by atoms with Crippen molar-refractivity contribution in [2.24, 2.45) is 5.90 Å². The summed E-state index contributed by atoms with van der Waals surface area (Å²) in [5.41, 5.74) is 2.19. The molecule has 1 atom stereocenters. The molecule has 0 bridgehead atoms. The highest BCUT2D eigenvalue weighted by Gasteiger charge is 2.05. The Balaban J connectivity index is 2.68. The van der Waals surface area contributed by atoms with Gasteiger partial charge in [-0.15, -0.1) is 0 Å². The highest BCUT2D eigenvalue weighted by atomic mass is 16.6. The summed E-state index contributed by atoms with van der Waals surface area (Å²) in [6.07, 6.45) is 1.85. The molecule has 0 aromatic carbocycles. The first-order valence-corrected chi connectivity index (χ1v) is 3.98. The third-order valence-electron chi connectivity index (χ3n) is 1.79. The van der Waals surface area contributed by atoms with E-state index < -0.39 is 0 Å². The Hall–Kier alpha value is -0.930. The molecule has 0 saturated carbocycles. The van der Waals surface area contributed by atoms with Gasteiger partial charge < -0.3 is 4.84 Å². The van der Waals surface area contributed by atoms with Crippen LogP contribution in [0.5, 0.6) is 0 Å². The monoisotopic (exact) mass is 166 g/mol. The largest absolute Gasteiger partial charge is 0.304 e. The summed E-state index contributed by atoms with van der Waals surface area (Å²) in [4.78, 5) is 8.81. The van der Waals surface area contributed by atoms with E-state index in [4.69, 9.17) is 5.90 Å². The zero-order valence-electron chi connectivity index (χ0n) is 7.45. The average Bonchev–Trinajstić information content (AvgIpc) is 2.06. The van der Waals surface area contributed by atoms with Gasteiger partial charge in [0.15, 0.2) is 0 Å². The Morgan fingerprint density at radius 2 is 2.33 bits per heavy atom. The fourth-order valence-electron chi connectivity index (χ4n) is 1.00. The maximum Gasteiger partial charge on any atom is 0.0760 e. The summed E-state index contributed by atoms with van der Waals surface area (Å²) in [6.45, 7) is 4.56. The van der Waals surface area contributed by atoms with Crippen molar-refractivity contribution in [1.82, 2.24) is 4.98 Å². The van der Waals surface area contributed by atoms with Gasteiger partial charge in [0.1, 0.15) is 0 Å². The third kappa shape index (κ3) is 2.29. The van der Waals surface area contributed by atoms with Crippen LogP contribution in [0.3, 0.4) is 0 Å². The van der Waals surface area contributed by atoms with E-state index >= 15 is 0 Å². The molecule has 0 spiro atoms. The Morgan fingerprint density at radius 3 is 2.83 bits per heavy atom. The van der Waals surface area contributed by atoms with Crippen molar-refractivity contribution in [1.29, 1.82) is 0 Å². The number of nitrogens with two attached hydrogens (primary N) is 1. The minimum absolute atomic E-state index is 0.260. The molecule has 0 aliphatic carbocycles. The van der Waals surface area contributed by atoms with Gasteiger partial charge in [0.05, 0.1) is 6.61 Å². The van der Waals surface area contributed by atoms with Crippen molar-refractivity contribution in [2.75, 3.05) is 6.61 Å². The lowest BCUT2D eigenvalue weighted by molar-refractivity contribution is 0.126. The SMILES string of the molecule is Cc1ccc(C(C)CON)nc1. The molecule has 1 aromatic rings. The lowest BCUT2D eigenvalue weighted by atomic mass is 10.1. The molecule has 1 unspecified atom stereocenters. The van der Waals surface area contributed by atoms with Crippen LogP contribution in [0.1, 0.15) is 24.1 Å². The molecule has 3 nitrogen and oxygen atoms in total. The predicted molar refractivity (Wildman–Crippen MR) is 47.5 cm³/mol. The van der Waals surface area contributed by atoms with Gasteiger partial charge in [-0.25, -0.2) is 5.90 Å². The van der Waals surface area contributed by atoms with Crippen molar-refractivity contribution >= 4 is 0 Å². The zero-order chi connectivity index (χ0) is 8.97. The maximum atomic E-state index is 4.97. The second-order valence-electron chi connectivity index (χ2n) is 2.99. The van der Waals surface area contributed by atoms with Crippen LogP contribution in [-0.2, 0) is 4.84 Å². The summed E-state index contributed by atoms with van der Waals surface area (Å²) >= 11 is 0. The highest BCUT2D eigenvalue weighted by molar-refractivity contribution is 5.14. The van der Waals surface area contributed by atoms with Gasteiger partial charge in [0.2, 0.25) is 0 Å². The molecule has 1 aromatic heterocycles. The van der Waals surface area contributed by atoms with E-state index in [1.807, 2.05) is 32.2 Å². The van der Waals surface area contributed by atoms with E-state index in [2.05, 4.69) is 9.82 Å². The zero-order valence-corrected chi connectivity index (χ0v) is 7.45. The minimum atomic E-state index is 0.260. The molecule has 0 fully saturated rings. The maximum absolute atomic E-state index is 4.97. The normalized spacial score (nSPS) is 12.9. The van der Waals surface area contributed by atoms with Crippen LogP contribution in [-0.4, -0.2) is 11.6 Å². The summed E-state index contributed by atoms with van der Waals surface area (Å²) in [6, 6.07) is 4.04. The third-order valence-corrected chi connectivity index (χ3v) is 1.79. The molecule has 2 N–H and O–H groups in total. The summed E-state index contributed by atoms with van der Waals surface area (Å²) < 4.78 is 0. The second kappa shape index (κ2) is 4.18. The number of rotatable bonds is 3. The first-order valence-electron chi connectivity index (χ1n) is 3.98. The lowest BCUT2D eigenvalue weighted by Crippen LogP contribution is -2.09. The first kappa shape index (κ1) is 9.16. The van der Waals surface area contributed by atoms with E-state index in [-0.39, 0.29) is 5.92 Å². The molecular formula is C9H14N2O. The Labute approximate surface area is 72.5 Å². The standard InChI is InChI=1S/C9H14N2O/c1-7-3-4-9(11-5-7)8(2)6-12-10/h3-5,8H,6,10H2,1-2H3. The van der Waals surface area contributed by atoms with Crippen molar-refractivity contribution in [2.45, 2.75) is 19.8 Å². The van der Waals surface area contributed by atoms with Crippen molar-refractivity contribution in [3.05, 3.63) is 29.6 Å². The summed E-state index contributed by atoms with van der Waals surface area (Å²) in [5, 5.41) is 0. The topological polar surface area (TPSA) is 48.1 Å². The van der Waals surface area contributed by atoms with E-state index in [9.17, 15) is 0 Å². The second-order valence-corrected chi connectivity index (χ2v) is 2.99. The fraction of sp³-hybridized carbons (Fsp3) is 0.444. The summed E-state index contributed by atoms with van der Waals surface area (Å²) in [7, 11) is 0. The molecule has 1 heterocycles. The van der Waals surface area contributed by atoms with Crippen LogP contribution in [0.4, 0.5) is 0 Å². The van der Waals surface area contributed by atoms with Gasteiger partial charge in [0, 0.05) is 17.8 Å². The summed E-state index contributed by atoms with van der Waals surface area (Å²) in [5.74, 6) is 5.23. The van der Waals surface area contributed by atoms with Crippen LogP contribution >= 0.6 is 0 Å². The van der Waals surface area contributed by atoms with E-state index in [1.165, 1.54) is 5.56 Å². The number of hydrogen-bond acceptors (Lipinski definition) is 3. The molecule has 0 radical (unpaired) electrons. The molecule has 1 rings (SSSR count). The Bertz CT molecular complexity index is 233. The molecule has 12 heavy (non-hydrogen) atoms. The molecule has 0 aliphatic rings. The Kier molecular flexibility index (Phi) is 3.19. The fourth-order valence-corrected chi connectivity index (χ4v) is 1.00. The van der Waals surface area contributed by atoms with Gasteiger partial charge in [-0.05, 0) is 18.6 Å². The molecular weight excluding hydrogens is 152 g/mol. The number of pyridine rings is 1. The van der Waals surface area contributed by atoms with E-state index in [1.54, 1.807) is 0 Å².